The molecule has 1 amide bonds. The summed E-state index contributed by atoms with van der Waals surface area (Å²) in [6, 6.07) is 17.6. The number of likely N-dealkylation sites (tertiary alicyclic amines) is 1. The summed E-state index contributed by atoms with van der Waals surface area (Å²) in [5.41, 5.74) is 2.49. The number of ether oxygens (including phenoxy) is 1. The van der Waals surface area contributed by atoms with Crippen LogP contribution in [-0.2, 0) is 11.2 Å². The van der Waals surface area contributed by atoms with Crippen LogP contribution in [0.15, 0.2) is 59.4 Å². The number of carbonyl (C=O) groups is 1. The number of rotatable bonds is 5. The van der Waals surface area contributed by atoms with Crippen LogP contribution in [0.25, 0.3) is 10.9 Å². The highest BCUT2D eigenvalue weighted by Crippen LogP contribution is 2.19. The molecule has 1 aliphatic heterocycles. The molecule has 1 aromatic heterocycles. The summed E-state index contributed by atoms with van der Waals surface area (Å²) in [4.78, 5) is 29.9. The van der Waals surface area contributed by atoms with Gasteiger partial charge in [0.2, 0.25) is 5.91 Å². The lowest BCUT2D eigenvalue weighted by Gasteiger charge is -2.33. The maximum absolute atomic E-state index is 12.7. The van der Waals surface area contributed by atoms with Gasteiger partial charge >= 0.3 is 0 Å². The van der Waals surface area contributed by atoms with E-state index in [1.165, 1.54) is 0 Å². The van der Waals surface area contributed by atoms with Crippen molar-refractivity contribution in [1.82, 2.24) is 9.88 Å². The summed E-state index contributed by atoms with van der Waals surface area (Å²) in [5.74, 6) is 0.916. The van der Waals surface area contributed by atoms with Gasteiger partial charge in [-0.1, -0.05) is 30.3 Å². The highest BCUT2D eigenvalue weighted by molar-refractivity contribution is 5.80. The zero-order chi connectivity index (χ0) is 20.2. The zero-order valence-corrected chi connectivity index (χ0v) is 16.7. The molecule has 5 nitrogen and oxygen atoms in total. The number of aromatic nitrogens is 1. The van der Waals surface area contributed by atoms with Crippen molar-refractivity contribution in [3.63, 3.8) is 0 Å². The molecule has 1 N–H and O–H groups in total. The molecule has 1 saturated heterocycles. The van der Waals surface area contributed by atoms with Crippen LogP contribution < -0.4 is 10.3 Å². The number of hydrogen-bond donors (Lipinski definition) is 1. The number of para-hydroxylation sites is 1. The second-order valence-corrected chi connectivity index (χ2v) is 7.75. The fourth-order valence-electron chi connectivity index (χ4n) is 3.90. The summed E-state index contributed by atoms with van der Waals surface area (Å²) in [6.07, 6.45) is 2.67. The Bertz CT molecular complexity index is 1060. The first-order valence-corrected chi connectivity index (χ1v) is 10.2. The van der Waals surface area contributed by atoms with Gasteiger partial charge in [-0.05, 0) is 61.4 Å². The van der Waals surface area contributed by atoms with E-state index in [4.69, 9.17) is 4.74 Å². The molecule has 1 fully saturated rings. The van der Waals surface area contributed by atoms with E-state index in [2.05, 4.69) is 4.98 Å². The largest absolute Gasteiger partial charge is 0.489 e. The number of aromatic amines is 1. The molecule has 0 bridgehead atoms. The van der Waals surface area contributed by atoms with E-state index >= 15 is 0 Å². The number of hydrogen-bond acceptors (Lipinski definition) is 3. The van der Waals surface area contributed by atoms with E-state index in [9.17, 15) is 9.59 Å². The number of fused-ring (bicyclic) bond motifs is 1. The van der Waals surface area contributed by atoms with E-state index in [0.717, 1.165) is 41.6 Å². The molecule has 150 valence electrons. The Morgan fingerprint density at radius 1 is 1.17 bits per heavy atom. The van der Waals surface area contributed by atoms with Crippen molar-refractivity contribution in [2.45, 2.75) is 38.7 Å². The fraction of sp³-hybridized carbons (Fsp3) is 0.333. The highest BCUT2D eigenvalue weighted by atomic mass is 16.5. The number of amides is 1. The SMILES string of the molecule is Cc1ccc2cc(CCC(=O)N3CCCC(Oc4ccccc4)C3)c(=O)[nH]c2c1. The number of pyridine rings is 1. The van der Waals surface area contributed by atoms with Crippen molar-refractivity contribution in [3.8, 4) is 5.75 Å². The molecule has 1 unspecified atom stereocenters. The number of H-pyrrole nitrogens is 1. The third-order valence-corrected chi connectivity index (χ3v) is 5.46. The first kappa shape index (κ1) is 19.2. The van der Waals surface area contributed by atoms with Gasteiger partial charge in [0.25, 0.3) is 5.56 Å². The quantitative estimate of drug-likeness (QED) is 0.720. The van der Waals surface area contributed by atoms with Gasteiger partial charge in [-0.25, -0.2) is 0 Å². The number of nitrogens with zero attached hydrogens (tertiary/aromatic N) is 1. The van der Waals surface area contributed by atoms with Crippen molar-refractivity contribution in [1.29, 1.82) is 0 Å². The topological polar surface area (TPSA) is 62.4 Å². The number of nitrogens with one attached hydrogen (secondary N) is 1. The van der Waals surface area contributed by atoms with Gasteiger partial charge < -0.3 is 14.6 Å². The van der Waals surface area contributed by atoms with E-state index in [1.54, 1.807) is 0 Å². The minimum atomic E-state index is -0.111. The van der Waals surface area contributed by atoms with Crippen molar-refractivity contribution in [2.75, 3.05) is 13.1 Å². The van der Waals surface area contributed by atoms with Crippen LogP contribution in [0.4, 0.5) is 0 Å². The van der Waals surface area contributed by atoms with Gasteiger partial charge in [0, 0.05) is 24.0 Å². The number of aryl methyl sites for hydroxylation is 2. The number of piperidine rings is 1. The van der Waals surface area contributed by atoms with Crippen LogP contribution in [0.5, 0.6) is 5.75 Å². The molecule has 1 aliphatic rings. The molecule has 1 atom stereocenters. The van der Waals surface area contributed by atoms with Crippen molar-refractivity contribution in [2.24, 2.45) is 0 Å². The monoisotopic (exact) mass is 390 g/mol. The summed E-state index contributed by atoms with van der Waals surface area (Å²) < 4.78 is 6.03. The predicted molar refractivity (Wildman–Crippen MR) is 114 cm³/mol. The van der Waals surface area contributed by atoms with E-state index in [1.807, 2.05) is 66.4 Å². The van der Waals surface area contributed by atoms with Gasteiger partial charge in [-0.15, -0.1) is 0 Å². The average Bonchev–Trinajstić information content (AvgIpc) is 2.73. The normalized spacial score (nSPS) is 16.7. The summed E-state index contributed by atoms with van der Waals surface area (Å²) in [6.45, 7) is 3.35. The van der Waals surface area contributed by atoms with Crippen LogP contribution in [0.1, 0.15) is 30.4 Å². The smallest absolute Gasteiger partial charge is 0.251 e. The summed E-state index contributed by atoms with van der Waals surface area (Å²) >= 11 is 0. The number of benzene rings is 2. The Morgan fingerprint density at radius 3 is 2.83 bits per heavy atom. The van der Waals surface area contributed by atoms with Gasteiger partial charge in [0.15, 0.2) is 0 Å². The molecular formula is C24H26N2O3. The molecule has 0 saturated carbocycles. The minimum absolute atomic E-state index is 0.0161. The molecule has 2 aromatic carbocycles. The van der Waals surface area contributed by atoms with Crippen molar-refractivity contribution in [3.05, 3.63) is 76.1 Å². The van der Waals surface area contributed by atoms with Crippen LogP contribution in [0.3, 0.4) is 0 Å². The lowest BCUT2D eigenvalue weighted by molar-refractivity contribution is -0.133. The standard InChI is InChI=1S/C24H26N2O3/c1-17-9-10-18-15-19(24(28)25-22(18)14-17)11-12-23(27)26-13-5-8-21(16-26)29-20-6-3-2-4-7-20/h2-4,6-7,9-10,14-15,21H,5,8,11-13,16H2,1H3,(H,25,28). The second kappa shape index (κ2) is 8.52. The lowest BCUT2D eigenvalue weighted by atomic mass is 10.0. The molecule has 2 heterocycles. The maximum atomic E-state index is 12.7. The third kappa shape index (κ3) is 4.67. The molecule has 4 rings (SSSR count). The lowest BCUT2D eigenvalue weighted by Crippen LogP contribution is -2.44. The zero-order valence-electron chi connectivity index (χ0n) is 16.7. The van der Waals surface area contributed by atoms with Crippen LogP contribution in [0, 0.1) is 6.92 Å². The first-order chi connectivity index (χ1) is 14.1. The van der Waals surface area contributed by atoms with Crippen LogP contribution in [-0.4, -0.2) is 35.0 Å². The molecule has 29 heavy (non-hydrogen) atoms. The summed E-state index contributed by atoms with van der Waals surface area (Å²) in [5, 5.41) is 0.993. The molecule has 5 heteroatoms. The number of carbonyl (C=O) groups excluding carboxylic acids is 1. The average molecular weight is 390 g/mol. The van der Waals surface area contributed by atoms with Crippen molar-refractivity contribution >= 4 is 16.8 Å². The minimum Gasteiger partial charge on any atom is -0.489 e. The van der Waals surface area contributed by atoms with Gasteiger partial charge in [0.1, 0.15) is 11.9 Å². The molecular weight excluding hydrogens is 364 g/mol. The second-order valence-electron chi connectivity index (χ2n) is 7.75. The Hall–Kier alpha value is -3.08. The Labute approximate surface area is 170 Å². The Morgan fingerprint density at radius 2 is 2.00 bits per heavy atom. The van der Waals surface area contributed by atoms with Crippen LogP contribution in [0.2, 0.25) is 0 Å². The Balaban J connectivity index is 1.38. The summed E-state index contributed by atoms with van der Waals surface area (Å²) in [7, 11) is 0. The Kier molecular flexibility index (Phi) is 5.65. The third-order valence-electron chi connectivity index (χ3n) is 5.46. The van der Waals surface area contributed by atoms with Crippen molar-refractivity contribution < 1.29 is 9.53 Å². The molecule has 0 aliphatic carbocycles. The van der Waals surface area contributed by atoms with E-state index in [0.29, 0.717) is 24.9 Å². The van der Waals surface area contributed by atoms with Gasteiger partial charge in [-0.2, -0.15) is 0 Å². The highest BCUT2D eigenvalue weighted by Gasteiger charge is 2.24. The maximum Gasteiger partial charge on any atom is 0.251 e. The molecule has 0 spiro atoms. The predicted octanol–water partition coefficient (Wildman–Crippen LogP) is 3.84. The molecule has 0 radical (unpaired) electrons. The molecule has 3 aromatic rings. The van der Waals surface area contributed by atoms with Crippen LogP contribution >= 0.6 is 0 Å². The van der Waals surface area contributed by atoms with E-state index in [-0.39, 0.29) is 17.6 Å². The van der Waals surface area contributed by atoms with E-state index < -0.39 is 0 Å². The van der Waals surface area contributed by atoms with Gasteiger partial charge in [-0.3, -0.25) is 9.59 Å². The first-order valence-electron chi connectivity index (χ1n) is 10.2. The van der Waals surface area contributed by atoms with Gasteiger partial charge in [0.05, 0.1) is 6.54 Å². The fourth-order valence-corrected chi connectivity index (χ4v) is 3.90.